The van der Waals surface area contributed by atoms with E-state index >= 15 is 0 Å². The minimum atomic E-state index is -1.47. The van der Waals surface area contributed by atoms with Crippen molar-refractivity contribution in [2.45, 2.75) is 36.2 Å². The van der Waals surface area contributed by atoms with Crippen LogP contribution < -0.4 is 4.65 Å². The Morgan fingerprint density at radius 1 is 1.39 bits per heavy atom. The molecule has 2 atom stereocenters. The van der Waals surface area contributed by atoms with E-state index in [0.29, 0.717) is 6.54 Å². The molecule has 2 heterocycles. The van der Waals surface area contributed by atoms with Gasteiger partial charge in [0.15, 0.2) is 0 Å². The standard InChI is InChI=1S/C13H19Cl3N4O2S/c1-12(2,3)10-17-18-11(23-10)20(22)8-19(7-9(20)21)6-4-5-13(14,15)16/h4-5,9,21H,6-8H2,1-3H3. The van der Waals surface area contributed by atoms with E-state index in [0.717, 1.165) is 5.01 Å². The number of rotatable bonds is 3. The predicted octanol–water partition coefficient (Wildman–Crippen LogP) is 3.16. The van der Waals surface area contributed by atoms with Crippen LogP contribution >= 0.6 is 46.1 Å². The van der Waals surface area contributed by atoms with Gasteiger partial charge in [-0.05, 0) is 17.4 Å². The van der Waals surface area contributed by atoms with E-state index in [-0.39, 0.29) is 23.8 Å². The lowest BCUT2D eigenvalue weighted by atomic mass is 9.98. The van der Waals surface area contributed by atoms with E-state index in [1.54, 1.807) is 11.0 Å². The van der Waals surface area contributed by atoms with Crippen molar-refractivity contribution in [1.82, 2.24) is 19.7 Å². The number of alkyl halides is 3. The Bertz CT molecular complexity index is 585. The zero-order valence-electron chi connectivity index (χ0n) is 13.0. The fourth-order valence-electron chi connectivity index (χ4n) is 2.14. The Hall–Kier alpha value is 0.01000. The number of aliphatic hydroxyl groups is 1. The number of quaternary nitrogens is 1. The number of β-amino-alcohol motifs (C(OH)–C–C–N with tert-alkyl or cyclic N) is 1. The van der Waals surface area contributed by atoms with Gasteiger partial charge < -0.3 is 10.3 Å². The Labute approximate surface area is 154 Å². The van der Waals surface area contributed by atoms with Crippen molar-refractivity contribution in [3.05, 3.63) is 22.4 Å². The number of aromatic nitrogens is 2. The van der Waals surface area contributed by atoms with Gasteiger partial charge >= 0.3 is 5.13 Å². The summed E-state index contributed by atoms with van der Waals surface area (Å²) >= 11 is 18.2. The van der Waals surface area contributed by atoms with Crippen LogP contribution in [0.25, 0.3) is 0 Å². The molecular weight excluding hydrogens is 383 g/mol. The second kappa shape index (κ2) is 6.72. The molecule has 1 aliphatic heterocycles. The van der Waals surface area contributed by atoms with Gasteiger partial charge in [-0.3, -0.25) is 4.65 Å². The van der Waals surface area contributed by atoms with Gasteiger partial charge in [-0.2, -0.15) is 0 Å². The van der Waals surface area contributed by atoms with Crippen LogP contribution in [0, 0.1) is 5.21 Å². The number of hydrogen-bond donors (Lipinski definition) is 1. The van der Waals surface area contributed by atoms with Crippen LogP contribution in [0.5, 0.6) is 0 Å². The van der Waals surface area contributed by atoms with Crippen LogP contribution in [0.4, 0.5) is 5.13 Å². The van der Waals surface area contributed by atoms with Crippen LogP contribution in [-0.2, 0) is 5.41 Å². The van der Waals surface area contributed by atoms with Crippen molar-refractivity contribution in [2.24, 2.45) is 0 Å². The third-order valence-corrected chi connectivity index (χ3v) is 5.20. The number of allylic oxidation sites excluding steroid dienone is 1. The molecule has 0 radical (unpaired) electrons. The Morgan fingerprint density at radius 3 is 2.57 bits per heavy atom. The summed E-state index contributed by atoms with van der Waals surface area (Å²) in [6, 6.07) is 0. The second-order valence-electron chi connectivity index (χ2n) is 6.54. The topological polar surface area (TPSA) is 72.3 Å². The zero-order valence-corrected chi connectivity index (χ0v) is 16.1. The molecule has 0 aliphatic carbocycles. The van der Waals surface area contributed by atoms with Gasteiger partial charge in [-0.15, -0.1) is 5.10 Å². The summed E-state index contributed by atoms with van der Waals surface area (Å²) < 4.78 is -2.39. The van der Waals surface area contributed by atoms with Crippen LogP contribution in [0.15, 0.2) is 12.2 Å². The molecule has 6 nitrogen and oxygen atoms in total. The molecule has 10 heteroatoms. The molecule has 130 valence electrons. The summed E-state index contributed by atoms with van der Waals surface area (Å²) in [5.74, 6) is 0. The summed E-state index contributed by atoms with van der Waals surface area (Å²) in [6.07, 6.45) is 1.97. The summed E-state index contributed by atoms with van der Waals surface area (Å²) in [7, 11) is 0. The SMILES string of the molecule is CC(C)(C)c1nnc([N+]2([O-])CN(CC=CC(Cl)(Cl)Cl)CC2O)s1. The van der Waals surface area contributed by atoms with Gasteiger partial charge in [0.05, 0.1) is 6.54 Å². The van der Waals surface area contributed by atoms with Crippen LogP contribution in [0.2, 0.25) is 0 Å². The number of aliphatic hydroxyl groups excluding tert-OH is 1. The molecule has 23 heavy (non-hydrogen) atoms. The van der Waals surface area contributed by atoms with E-state index in [2.05, 4.69) is 10.2 Å². The lowest BCUT2D eigenvalue weighted by Gasteiger charge is -2.36. The maximum atomic E-state index is 13.0. The maximum absolute atomic E-state index is 13.0. The molecule has 1 aliphatic rings. The van der Waals surface area contributed by atoms with E-state index in [1.165, 1.54) is 17.4 Å². The number of hydroxylamine groups is 2. The van der Waals surface area contributed by atoms with E-state index in [4.69, 9.17) is 34.8 Å². The van der Waals surface area contributed by atoms with E-state index in [1.807, 2.05) is 20.8 Å². The molecule has 1 saturated heterocycles. The van der Waals surface area contributed by atoms with Crippen molar-refractivity contribution < 1.29 is 5.11 Å². The molecule has 0 aromatic carbocycles. The van der Waals surface area contributed by atoms with E-state index in [9.17, 15) is 10.3 Å². The molecule has 0 saturated carbocycles. The van der Waals surface area contributed by atoms with Crippen molar-refractivity contribution >= 4 is 51.3 Å². The highest BCUT2D eigenvalue weighted by Gasteiger charge is 2.43. The first-order chi connectivity index (χ1) is 10.4. The molecule has 1 aromatic heterocycles. The first-order valence-electron chi connectivity index (χ1n) is 7.00. The monoisotopic (exact) mass is 400 g/mol. The number of hydrogen-bond acceptors (Lipinski definition) is 6. The smallest absolute Gasteiger partial charge is 0.309 e. The van der Waals surface area contributed by atoms with Crippen LogP contribution in [0.1, 0.15) is 25.8 Å². The highest BCUT2D eigenvalue weighted by atomic mass is 35.6. The van der Waals surface area contributed by atoms with Gasteiger partial charge in [0.25, 0.3) is 0 Å². The minimum Gasteiger partial charge on any atom is -0.623 e. The number of nitrogens with zero attached hydrogens (tertiary/aromatic N) is 4. The van der Waals surface area contributed by atoms with Gasteiger partial charge in [0, 0.05) is 12.0 Å². The average molecular weight is 402 g/mol. The summed E-state index contributed by atoms with van der Waals surface area (Å²) in [5, 5.41) is 32.3. The van der Waals surface area contributed by atoms with Crippen LogP contribution in [-0.4, -0.2) is 50.0 Å². The lowest BCUT2D eigenvalue weighted by Crippen LogP contribution is -2.48. The normalized spacial score (nSPS) is 27.2. The third kappa shape index (κ3) is 4.76. The summed E-state index contributed by atoms with van der Waals surface area (Å²) in [6.45, 7) is 6.70. The van der Waals surface area contributed by atoms with Crippen molar-refractivity contribution in [3.8, 4) is 0 Å². The highest BCUT2D eigenvalue weighted by molar-refractivity contribution is 7.15. The van der Waals surface area contributed by atoms with Crippen molar-refractivity contribution in [1.29, 1.82) is 0 Å². The van der Waals surface area contributed by atoms with Gasteiger partial charge in [-0.25, -0.2) is 4.90 Å². The third-order valence-electron chi connectivity index (χ3n) is 3.36. The maximum Gasteiger partial charge on any atom is 0.309 e. The molecular formula is C13H19Cl3N4O2S. The molecule has 2 rings (SSSR count). The first kappa shape index (κ1) is 19.3. The van der Waals surface area contributed by atoms with Gasteiger partial charge in [0.2, 0.25) is 10.0 Å². The largest absolute Gasteiger partial charge is 0.623 e. The number of halogens is 3. The van der Waals surface area contributed by atoms with E-state index < -0.39 is 14.7 Å². The van der Waals surface area contributed by atoms with Gasteiger partial charge in [0.1, 0.15) is 11.7 Å². The quantitative estimate of drug-likeness (QED) is 0.364. The Morgan fingerprint density at radius 2 is 2.04 bits per heavy atom. The summed E-state index contributed by atoms with van der Waals surface area (Å²) in [4.78, 5) is 1.78. The molecule has 2 unspecified atom stereocenters. The lowest BCUT2D eigenvalue weighted by molar-refractivity contribution is 0.0844. The first-order valence-corrected chi connectivity index (χ1v) is 8.95. The molecule has 0 amide bonds. The van der Waals surface area contributed by atoms with Crippen LogP contribution in [0.3, 0.4) is 0 Å². The Kier molecular flexibility index (Phi) is 5.65. The summed E-state index contributed by atoms with van der Waals surface area (Å²) in [5.41, 5.74) is -0.188. The highest BCUT2D eigenvalue weighted by Crippen LogP contribution is 2.36. The predicted molar refractivity (Wildman–Crippen MR) is 95.6 cm³/mol. The molecule has 0 bridgehead atoms. The second-order valence-corrected chi connectivity index (χ2v) is 9.86. The van der Waals surface area contributed by atoms with Crippen molar-refractivity contribution in [2.75, 3.05) is 19.8 Å². The molecule has 1 N–H and O–H groups in total. The fraction of sp³-hybridized carbons (Fsp3) is 0.692. The van der Waals surface area contributed by atoms with Crippen molar-refractivity contribution in [3.63, 3.8) is 0 Å². The zero-order chi connectivity index (χ0) is 17.5. The Balaban J connectivity index is 2.10. The average Bonchev–Trinajstić information content (AvgIpc) is 2.94. The minimum absolute atomic E-state index is 0.0736. The molecule has 1 fully saturated rings. The molecule has 1 aromatic rings. The fourth-order valence-corrected chi connectivity index (χ4v) is 3.38. The van der Waals surface area contributed by atoms with Gasteiger partial charge in [-0.1, -0.05) is 66.7 Å². The molecule has 0 spiro atoms.